The third-order valence-electron chi connectivity index (χ3n) is 5.05. The van der Waals surface area contributed by atoms with Crippen molar-refractivity contribution < 1.29 is 17.9 Å². The molecule has 1 aromatic rings. The Morgan fingerprint density at radius 3 is 2.40 bits per heavy atom. The van der Waals surface area contributed by atoms with E-state index >= 15 is 0 Å². The molecule has 1 atom stereocenters. The predicted octanol–water partition coefficient (Wildman–Crippen LogP) is 2.91. The summed E-state index contributed by atoms with van der Waals surface area (Å²) in [5.74, 6) is 0.786. The van der Waals surface area contributed by atoms with Crippen molar-refractivity contribution >= 4 is 5.96 Å². The lowest BCUT2D eigenvalue weighted by Gasteiger charge is -2.35. The van der Waals surface area contributed by atoms with Crippen LogP contribution in [0.25, 0.3) is 0 Å². The van der Waals surface area contributed by atoms with E-state index in [0.717, 1.165) is 45.8 Å². The summed E-state index contributed by atoms with van der Waals surface area (Å²) in [7, 11) is 0. The number of benzene rings is 1. The van der Waals surface area contributed by atoms with E-state index in [4.69, 9.17) is 0 Å². The summed E-state index contributed by atoms with van der Waals surface area (Å²) in [4.78, 5) is 9.37. The number of guanidine groups is 1. The van der Waals surface area contributed by atoms with Crippen LogP contribution in [-0.2, 0) is 6.54 Å². The standard InChI is InChI=1S/C21H34F3N5O/c1-4-25-20(26-14-17(3)16-29-12-10-28(5-2)11-13-29)27-15-18-8-6-7-9-19(18)30-21(22,23)24/h6-9,17H,4-5,10-16H2,1-3H3,(H2,25,26,27). The summed E-state index contributed by atoms with van der Waals surface area (Å²) in [5.41, 5.74) is 0.383. The fraction of sp³-hybridized carbons (Fsp3) is 0.667. The van der Waals surface area contributed by atoms with Gasteiger partial charge in [-0.05, 0) is 25.5 Å². The van der Waals surface area contributed by atoms with Gasteiger partial charge in [-0.25, -0.2) is 4.99 Å². The first-order chi connectivity index (χ1) is 14.3. The molecule has 1 aromatic carbocycles. The normalized spacial score (nSPS) is 17.6. The van der Waals surface area contributed by atoms with E-state index in [0.29, 0.717) is 24.0 Å². The molecule has 0 aliphatic carbocycles. The summed E-state index contributed by atoms with van der Waals surface area (Å²) in [6.07, 6.45) is -4.72. The van der Waals surface area contributed by atoms with Crippen LogP contribution in [-0.4, -0.2) is 74.5 Å². The number of rotatable bonds is 9. The largest absolute Gasteiger partial charge is 0.573 e. The molecule has 1 heterocycles. The zero-order valence-corrected chi connectivity index (χ0v) is 18.1. The lowest BCUT2D eigenvalue weighted by atomic mass is 10.1. The van der Waals surface area contributed by atoms with Crippen molar-refractivity contribution in [3.63, 3.8) is 0 Å². The number of nitrogens with zero attached hydrogens (tertiary/aromatic N) is 3. The first-order valence-corrected chi connectivity index (χ1v) is 10.6. The number of alkyl halides is 3. The van der Waals surface area contributed by atoms with Crippen molar-refractivity contribution in [3.8, 4) is 5.75 Å². The number of nitrogens with one attached hydrogen (secondary N) is 2. The maximum Gasteiger partial charge on any atom is 0.573 e. The van der Waals surface area contributed by atoms with Crippen LogP contribution in [0.15, 0.2) is 29.3 Å². The molecule has 0 bridgehead atoms. The third-order valence-corrected chi connectivity index (χ3v) is 5.05. The topological polar surface area (TPSA) is 52.1 Å². The van der Waals surface area contributed by atoms with E-state index in [2.05, 4.69) is 44.0 Å². The summed E-state index contributed by atoms with van der Waals surface area (Å²) in [5, 5.41) is 6.46. The third kappa shape index (κ3) is 8.79. The van der Waals surface area contributed by atoms with Crippen LogP contribution in [0.2, 0.25) is 0 Å². The van der Waals surface area contributed by atoms with Crippen molar-refractivity contribution in [2.45, 2.75) is 33.7 Å². The van der Waals surface area contributed by atoms with Gasteiger partial charge in [-0.1, -0.05) is 32.0 Å². The van der Waals surface area contributed by atoms with Gasteiger partial charge in [0.2, 0.25) is 0 Å². The van der Waals surface area contributed by atoms with Gasteiger partial charge in [0.15, 0.2) is 5.96 Å². The highest BCUT2D eigenvalue weighted by Crippen LogP contribution is 2.26. The average molecular weight is 430 g/mol. The summed E-state index contributed by atoms with van der Waals surface area (Å²) >= 11 is 0. The van der Waals surface area contributed by atoms with Gasteiger partial charge in [-0.3, -0.25) is 0 Å². The number of aliphatic imine (C=N–C) groups is 1. The van der Waals surface area contributed by atoms with Gasteiger partial charge in [-0.15, -0.1) is 13.2 Å². The number of piperazine rings is 1. The second-order valence-electron chi connectivity index (χ2n) is 7.57. The number of halogens is 3. The Labute approximate surface area is 177 Å². The molecular formula is C21H34F3N5O. The molecule has 6 nitrogen and oxygen atoms in total. The summed E-state index contributed by atoms with van der Waals surface area (Å²) in [6, 6.07) is 6.08. The van der Waals surface area contributed by atoms with Crippen LogP contribution in [0, 0.1) is 5.92 Å². The van der Waals surface area contributed by atoms with E-state index in [1.165, 1.54) is 12.1 Å². The minimum Gasteiger partial charge on any atom is -0.405 e. The number of ether oxygens (including phenoxy) is 1. The lowest BCUT2D eigenvalue weighted by molar-refractivity contribution is -0.274. The summed E-state index contributed by atoms with van der Waals surface area (Å²) < 4.78 is 41.9. The predicted molar refractivity (Wildman–Crippen MR) is 114 cm³/mol. The Hall–Kier alpha value is -2.00. The van der Waals surface area contributed by atoms with Gasteiger partial charge in [0, 0.05) is 51.4 Å². The Morgan fingerprint density at radius 2 is 1.77 bits per heavy atom. The smallest absolute Gasteiger partial charge is 0.405 e. The first-order valence-electron chi connectivity index (χ1n) is 10.6. The molecule has 0 aromatic heterocycles. The monoisotopic (exact) mass is 429 g/mol. The van der Waals surface area contributed by atoms with E-state index in [1.807, 2.05) is 6.92 Å². The zero-order chi connectivity index (χ0) is 22.0. The number of para-hydroxylation sites is 1. The maximum atomic E-state index is 12.6. The van der Waals surface area contributed by atoms with Crippen molar-refractivity contribution in [2.75, 3.05) is 52.4 Å². The van der Waals surface area contributed by atoms with Gasteiger partial charge < -0.3 is 25.2 Å². The number of hydrogen-bond donors (Lipinski definition) is 2. The van der Waals surface area contributed by atoms with Gasteiger partial charge in [0.25, 0.3) is 0 Å². The van der Waals surface area contributed by atoms with Crippen LogP contribution >= 0.6 is 0 Å². The van der Waals surface area contributed by atoms with Gasteiger partial charge in [0.1, 0.15) is 5.75 Å². The highest BCUT2D eigenvalue weighted by molar-refractivity contribution is 5.79. The SMILES string of the molecule is CCNC(=NCc1ccccc1OC(F)(F)F)NCC(C)CN1CCN(CC)CC1. The number of likely N-dealkylation sites (N-methyl/N-ethyl adjacent to an activating group) is 1. The van der Waals surface area contributed by atoms with Crippen molar-refractivity contribution in [2.24, 2.45) is 10.9 Å². The molecule has 1 fully saturated rings. The molecule has 2 N–H and O–H groups in total. The number of hydrogen-bond acceptors (Lipinski definition) is 4. The Kier molecular flexibility index (Phi) is 9.71. The van der Waals surface area contributed by atoms with Crippen molar-refractivity contribution in [3.05, 3.63) is 29.8 Å². The van der Waals surface area contributed by atoms with Crippen LogP contribution in [0.4, 0.5) is 13.2 Å². The van der Waals surface area contributed by atoms with Crippen LogP contribution in [0.5, 0.6) is 5.75 Å². The molecule has 1 aliphatic rings. The second kappa shape index (κ2) is 12.0. The highest BCUT2D eigenvalue weighted by Gasteiger charge is 2.31. The minimum atomic E-state index is -4.72. The van der Waals surface area contributed by atoms with E-state index in [9.17, 15) is 13.2 Å². The highest BCUT2D eigenvalue weighted by atomic mass is 19.4. The first kappa shape index (κ1) is 24.3. The molecule has 170 valence electrons. The van der Waals surface area contributed by atoms with Gasteiger partial charge in [0.05, 0.1) is 6.54 Å². The van der Waals surface area contributed by atoms with E-state index in [1.54, 1.807) is 12.1 Å². The molecule has 1 saturated heterocycles. The average Bonchev–Trinajstić information content (AvgIpc) is 2.70. The minimum absolute atomic E-state index is 0.0922. The van der Waals surface area contributed by atoms with Gasteiger partial charge >= 0.3 is 6.36 Å². The lowest BCUT2D eigenvalue weighted by Crippen LogP contribution is -2.48. The molecule has 1 aliphatic heterocycles. The quantitative estimate of drug-likeness (QED) is 0.467. The van der Waals surface area contributed by atoms with Crippen molar-refractivity contribution in [1.82, 2.24) is 20.4 Å². The molecule has 1 unspecified atom stereocenters. The molecule has 0 amide bonds. The molecule has 0 spiro atoms. The molecule has 0 radical (unpaired) electrons. The van der Waals surface area contributed by atoms with Crippen LogP contribution in [0.3, 0.4) is 0 Å². The molecule has 9 heteroatoms. The molecule has 0 saturated carbocycles. The van der Waals surface area contributed by atoms with E-state index < -0.39 is 6.36 Å². The Morgan fingerprint density at radius 1 is 1.10 bits per heavy atom. The fourth-order valence-electron chi connectivity index (χ4n) is 3.43. The second-order valence-corrected chi connectivity index (χ2v) is 7.57. The zero-order valence-electron chi connectivity index (χ0n) is 18.1. The van der Waals surface area contributed by atoms with E-state index in [-0.39, 0.29) is 12.3 Å². The van der Waals surface area contributed by atoms with Crippen molar-refractivity contribution in [1.29, 1.82) is 0 Å². The Bertz CT molecular complexity index is 660. The van der Waals surface area contributed by atoms with Crippen LogP contribution in [0.1, 0.15) is 26.3 Å². The molecule has 30 heavy (non-hydrogen) atoms. The van der Waals surface area contributed by atoms with Crippen LogP contribution < -0.4 is 15.4 Å². The molecule has 2 rings (SSSR count). The maximum absolute atomic E-state index is 12.6. The van der Waals surface area contributed by atoms with Gasteiger partial charge in [-0.2, -0.15) is 0 Å². The Balaban J connectivity index is 1.87. The summed E-state index contributed by atoms with van der Waals surface area (Å²) in [6.45, 7) is 14.3. The molecular weight excluding hydrogens is 395 g/mol. The fourth-order valence-corrected chi connectivity index (χ4v) is 3.43.